The van der Waals surface area contributed by atoms with Gasteiger partial charge < -0.3 is 0 Å². The fourth-order valence-electron chi connectivity index (χ4n) is 0.262. The van der Waals surface area contributed by atoms with Crippen LogP contribution in [0.4, 0.5) is 0 Å². The zero-order chi connectivity index (χ0) is 6.62. The molecule has 0 atom stereocenters. The molecule has 0 saturated heterocycles. The highest BCUT2D eigenvalue weighted by molar-refractivity contribution is 9.09. The number of sulfone groups is 1. The second-order valence-corrected chi connectivity index (χ2v) is 4.69. The van der Waals surface area contributed by atoms with Gasteiger partial charge in [-0.2, -0.15) is 0 Å². The van der Waals surface area contributed by atoms with E-state index in [4.69, 9.17) is 0 Å². The Hall–Kier alpha value is 0.430. The Morgan fingerprint density at radius 2 is 2.00 bits per heavy atom. The molecule has 0 bridgehead atoms. The Kier molecular flexibility index (Phi) is 3.64. The van der Waals surface area contributed by atoms with Crippen molar-refractivity contribution in [1.29, 1.82) is 0 Å². The van der Waals surface area contributed by atoms with Crippen LogP contribution in [0.15, 0.2) is 0 Å². The van der Waals surface area contributed by atoms with Gasteiger partial charge in [0, 0.05) is 11.1 Å². The lowest BCUT2D eigenvalue weighted by Crippen LogP contribution is -2.08. The van der Waals surface area contributed by atoms with Crippen molar-refractivity contribution in [2.45, 2.75) is 6.92 Å². The molecule has 0 unspecified atom stereocenters. The van der Waals surface area contributed by atoms with E-state index in [1.165, 1.54) is 0 Å². The van der Waals surface area contributed by atoms with Crippen LogP contribution < -0.4 is 0 Å². The van der Waals surface area contributed by atoms with Crippen molar-refractivity contribution in [3.63, 3.8) is 0 Å². The molecule has 0 aromatic rings. The lowest BCUT2D eigenvalue weighted by Gasteiger charge is -1.92. The van der Waals surface area contributed by atoms with E-state index in [-0.39, 0.29) is 11.5 Å². The minimum absolute atomic E-state index is 0.249. The van der Waals surface area contributed by atoms with Crippen molar-refractivity contribution in [3.05, 3.63) is 0 Å². The van der Waals surface area contributed by atoms with Crippen LogP contribution in [-0.2, 0) is 9.84 Å². The molecule has 0 saturated carbocycles. The molecular formula is C4H9BrO2S. The molecule has 0 N–H and O–H groups in total. The van der Waals surface area contributed by atoms with Crippen molar-refractivity contribution in [3.8, 4) is 0 Å². The van der Waals surface area contributed by atoms with E-state index in [1.807, 2.05) is 0 Å². The molecule has 0 fully saturated rings. The number of alkyl halides is 1. The molecule has 0 aromatic heterocycles. The van der Waals surface area contributed by atoms with Crippen LogP contribution in [0, 0.1) is 0 Å². The molecule has 4 heteroatoms. The van der Waals surface area contributed by atoms with Gasteiger partial charge in [-0.05, 0) is 0 Å². The molecule has 2 nitrogen and oxygen atoms in total. The Bertz CT molecular complexity index is 138. The summed E-state index contributed by atoms with van der Waals surface area (Å²) in [7, 11) is -2.72. The Balaban J connectivity index is 3.76. The standard InChI is InChI=1S/C4H9BrO2S/c1-2-8(6,7)4-3-5/h2-4H2,1H3. The maximum atomic E-state index is 10.6. The van der Waals surface area contributed by atoms with E-state index in [0.717, 1.165) is 0 Å². The number of hydrogen-bond donors (Lipinski definition) is 0. The second-order valence-electron chi connectivity index (χ2n) is 1.43. The first kappa shape index (κ1) is 8.43. The monoisotopic (exact) mass is 200 g/mol. The predicted octanol–water partition coefficient (Wildman–Crippen LogP) is 0.816. The zero-order valence-electron chi connectivity index (χ0n) is 4.72. The van der Waals surface area contributed by atoms with Crippen molar-refractivity contribution >= 4 is 25.8 Å². The molecule has 0 heterocycles. The van der Waals surface area contributed by atoms with Crippen molar-refractivity contribution < 1.29 is 8.42 Å². The summed E-state index contributed by atoms with van der Waals surface area (Å²) in [5.41, 5.74) is 0. The molecule has 0 aliphatic carbocycles. The van der Waals surface area contributed by atoms with Crippen LogP contribution in [-0.4, -0.2) is 25.3 Å². The fourth-order valence-corrected chi connectivity index (χ4v) is 2.27. The van der Waals surface area contributed by atoms with Crippen LogP contribution in [0.2, 0.25) is 0 Å². The summed E-state index contributed by atoms with van der Waals surface area (Å²) < 4.78 is 21.1. The number of halogens is 1. The fraction of sp³-hybridized carbons (Fsp3) is 1.00. The molecule has 0 rings (SSSR count). The second kappa shape index (κ2) is 3.45. The van der Waals surface area contributed by atoms with E-state index >= 15 is 0 Å². The molecule has 0 radical (unpaired) electrons. The summed E-state index contributed by atoms with van der Waals surface area (Å²) in [6.07, 6.45) is 0. The van der Waals surface area contributed by atoms with Crippen molar-refractivity contribution in [1.82, 2.24) is 0 Å². The number of rotatable bonds is 3. The lowest BCUT2D eigenvalue weighted by molar-refractivity contribution is 0.599. The number of hydrogen-bond acceptors (Lipinski definition) is 2. The summed E-state index contributed by atoms with van der Waals surface area (Å²) in [4.78, 5) is 0. The van der Waals surface area contributed by atoms with Crippen molar-refractivity contribution in [2.24, 2.45) is 0 Å². The molecule has 0 aromatic carbocycles. The van der Waals surface area contributed by atoms with Gasteiger partial charge in [0.2, 0.25) is 0 Å². The van der Waals surface area contributed by atoms with Gasteiger partial charge in [-0.25, -0.2) is 8.42 Å². The van der Waals surface area contributed by atoms with Crippen LogP contribution in [0.5, 0.6) is 0 Å². The molecular weight excluding hydrogens is 192 g/mol. The summed E-state index contributed by atoms with van der Waals surface area (Å²) in [6.45, 7) is 1.65. The quantitative estimate of drug-likeness (QED) is 0.633. The normalized spacial score (nSPS) is 11.8. The Morgan fingerprint density at radius 1 is 1.50 bits per heavy atom. The van der Waals surface area contributed by atoms with Gasteiger partial charge in [0.05, 0.1) is 5.75 Å². The van der Waals surface area contributed by atoms with E-state index in [9.17, 15) is 8.42 Å². The average Bonchev–Trinajstić information content (AvgIpc) is 1.67. The van der Waals surface area contributed by atoms with Gasteiger partial charge in [0.1, 0.15) is 0 Å². The molecule has 50 valence electrons. The third-order valence-electron chi connectivity index (χ3n) is 0.828. The smallest absolute Gasteiger partial charge is 0.150 e. The van der Waals surface area contributed by atoms with E-state index < -0.39 is 9.84 Å². The summed E-state index contributed by atoms with van der Waals surface area (Å²) in [5, 5.41) is 0.545. The van der Waals surface area contributed by atoms with Crippen molar-refractivity contribution in [2.75, 3.05) is 16.8 Å². The van der Waals surface area contributed by atoms with Gasteiger partial charge in [-0.3, -0.25) is 0 Å². The molecule has 0 aliphatic rings. The van der Waals surface area contributed by atoms with E-state index in [1.54, 1.807) is 6.92 Å². The first-order chi connectivity index (χ1) is 3.62. The average molecular weight is 201 g/mol. The molecule has 0 spiro atoms. The molecule has 0 amide bonds. The van der Waals surface area contributed by atoms with Gasteiger partial charge in [0.15, 0.2) is 9.84 Å². The molecule has 0 aliphatic heterocycles. The van der Waals surface area contributed by atoms with Crippen LogP contribution >= 0.6 is 15.9 Å². The first-order valence-corrected chi connectivity index (χ1v) is 5.33. The SMILES string of the molecule is CCS(=O)(=O)CCBr. The maximum absolute atomic E-state index is 10.6. The Morgan fingerprint density at radius 3 is 2.12 bits per heavy atom. The van der Waals surface area contributed by atoms with Crippen LogP contribution in [0.25, 0.3) is 0 Å². The summed E-state index contributed by atoms with van der Waals surface area (Å²) in [6, 6.07) is 0. The van der Waals surface area contributed by atoms with E-state index in [2.05, 4.69) is 15.9 Å². The third-order valence-corrected chi connectivity index (χ3v) is 3.46. The minimum atomic E-state index is -2.72. The summed E-state index contributed by atoms with van der Waals surface area (Å²) >= 11 is 3.05. The van der Waals surface area contributed by atoms with E-state index in [0.29, 0.717) is 5.33 Å². The highest BCUT2D eigenvalue weighted by atomic mass is 79.9. The highest BCUT2D eigenvalue weighted by Gasteiger charge is 2.03. The van der Waals surface area contributed by atoms with Gasteiger partial charge in [-0.15, -0.1) is 0 Å². The first-order valence-electron chi connectivity index (χ1n) is 2.39. The van der Waals surface area contributed by atoms with Crippen LogP contribution in [0.1, 0.15) is 6.92 Å². The zero-order valence-corrected chi connectivity index (χ0v) is 7.13. The molecule has 8 heavy (non-hydrogen) atoms. The highest BCUT2D eigenvalue weighted by Crippen LogP contribution is 1.91. The van der Waals surface area contributed by atoms with Gasteiger partial charge in [-0.1, -0.05) is 22.9 Å². The summed E-state index contributed by atoms with van der Waals surface area (Å²) in [5.74, 6) is 0.502. The van der Waals surface area contributed by atoms with Gasteiger partial charge >= 0.3 is 0 Å². The third kappa shape index (κ3) is 3.43. The Labute approximate surface area is 58.3 Å². The topological polar surface area (TPSA) is 34.1 Å². The minimum Gasteiger partial charge on any atom is -0.229 e. The van der Waals surface area contributed by atoms with Crippen LogP contribution in [0.3, 0.4) is 0 Å². The maximum Gasteiger partial charge on any atom is 0.150 e. The lowest BCUT2D eigenvalue weighted by atomic mass is 11.0. The van der Waals surface area contributed by atoms with Gasteiger partial charge in [0.25, 0.3) is 0 Å². The predicted molar refractivity (Wildman–Crippen MR) is 38.1 cm³/mol. The largest absolute Gasteiger partial charge is 0.229 e.